The van der Waals surface area contributed by atoms with Gasteiger partial charge in [0.15, 0.2) is 0 Å². The smallest absolute Gasteiger partial charge is 0.118 e. The zero-order valence-electron chi connectivity index (χ0n) is 10.6. The van der Waals surface area contributed by atoms with Gasteiger partial charge in [-0.2, -0.15) is 11.8 Å². The highest BCUT2D eigenvalue weighted by molar-refractivity contribution is 7.97. The summed E-state index contributed by atoms with van der Waals surface area (Å²) in [4.78, 5) is 2.18. The quantitative estimate of drug-likeness (QED) is 0.793. The monoisotopic (exact) mass is 242 g/mol. The van der Waals surface area contributed by atoms with Gasteiger partial charge < -0.3 is 14.6 Å². The van der Waals surface area contributed by atoms with Gasteiger partial charge in [0, 0.05) is 12.6 Å². The number of likely N-dealkylation sites (N-methyl/N-ethyl adjacent to an activating group) is 1. The minimum atomic E-state index is 0.476. The van der Waals surface area contributed by atoms with Gasteiger partial charge in [-0.1, -0.05) is 0 Å². The number of hydrogen-bond donors (Lipinski definition) is 1. The molecule has 0 aromatic carbocycles. The molecule has 0 bridgehead atoms. The van der Waals surface area contributed by atoms with Gasteiger partial charge in [-0.05, 0) is 39.4 Å². The van der Waals surface area contributed by atoms with Crippen molar-refractivity contribution in [3.63, 3.8) is 0 Å². The molecule has 1 unspecified atom stereocenters. The van der Waals surface area contributed by atoms with Gasteiger partial charge in [0.25, 0.3) is 0 Å². The summed E-state index contributed by atoms with van der Waals surface area (Å²) in [5, 5.41) is 3.44. The molecule has 0 aliphatic carbocycles. The Bertz CT molecular complexity index is 299. The molecule has 92 valence electrons. The van der Waals surface area contributed by atoms with Crippen LogP contribution in [0.2, 0.25) is 0 Å². The summed E-state index contributed by atoms with van der Waals surface area (Å²) in [7, 11) is 4.17. The summed E-state index contributed by atoms with van der Waals surface area (Å²) in [6, 6.07) is 4.59. The van der Waals surface area contributed by atoms with Crippen LogP contribution in [0.4, 0.5) is 0 Å². The third-order valence-electron chi connectivity index (χ3n) is 2.27. The summed E-state index contributed by atoms with van der Waals surface area (Å²) in [6.45, 7) is 4.04. The Kier molecular flexibility index (Phi) is 5.95. The Balaban J connectivity index is 2.30. The van der Waals surface area contributed by atoms with Crippen LogP contribution in [-0.4, -0.2) is 37.8 Å². The summed E-state index contributed by atoms with van der Waals surface area (Å²) in [6.07, 6.45) is 2.08. The molecule has 0 aliphatic heterocycles. The zero-order valence-corrected chi connectivity index (χ0v) is 11.4. The molecule has 1 aromatic rings. The highest BCUT2D eigenvalue weighted by Gasteiger charge is 2.05. The van der Waals surface area contributed by atoms with Crippen molar-refractivity contribution in [2.24, 2.45) is 0 Å². The first kappa shape index (κ1) is 13.6. The normalized spacial score (nSPS) is 13.3. The van der Waals surface area contributed by atoms with E-state index < -0.39 is 0 Å². The van der Waals surface area contributed by atoms with Crippen molar-refractivity contribution < 1.29 is 4.42 Å². The van der Waals surface area contributed by atoms with Crippen LogP contribution in [0.15, 0.2) is 16.5 Å². The lowest BCUT2D eigenvalue weighted by Crippen LogP contribution is -2.35. The molecule has 1 aromatic heterocycles. The second-order valence-corrected chi connectivity index (χ2v) is 5.21. The molecule has 1 atom stereocenters. The van der Waals surface area contributed by atoms with Crippen molar-refractivity contribution in [2.75, 3.05) is 26.9 Å². The molecule has 1 N–H and O–H groups in total. The first-order valence-electron chi connectivity index (χ1n) is 5.56. The van der Waals surface area contributed by atoms with Crippen LogP contribution in [0.5, 0.6) is 0 Å². The largest absolute Gasteiger partial charge is 0.464 e. The van der Waals surface area contributed by atoms with E-state index in [1.165, 1.54) is 0 Å². The predicted octanol–water partition coefficient (Wildman–Crippen LogP) is 2.18. The first-order chi connectivity index (χ1) is 7.61. The molecule has 0 saturated heterocycles. The number of furan rings is 1. The molecule has 0 radical (unpaired) electrons. The maximum Gasteiger partial charge on any atom is 0.118 e. The lowest BCUT2D eigenvalue weighted by molar-refractivity contribution is 0.340. The summed E-state index contributed by atoms with van der Waals surface area (Å²) in [5.74, 6) is 3.03. The maximum atomic E-state index is 5.68. The van der Waals surface area contributed by atoms with Gasteiger partial charge in [0.05, 0.1) is 12.3 Å². The predicted molar refractivity (Wildman–Crippen MR) is 70.8 cm³/mol. The van der Waals surface area contributed by atoms with Crippen molar-refractivity contribution >= 4 is 11.8 Å². The van der Waals surface area contributed by atoms with E-state index in [0.29, 0.717) is 6.04 Å². The Morgan fingerprint density at radius 3 is 2.69 bits per heavy atom. The van der Waals surface area contributed by atoms with Crippen LogP contribution in [0.3, 0.4) is 0 Å². The van der Waals surface area contributed by atoms with E-state index >= 15 is 0 Å². The number of rotatable bonds is 7. The van der Waals surface area contributed by atoms with Gasteiger partial charge in [0.1, 0.15) is 11.5 Å². The summed E-state index contributed by atoms with van der Waals surface area (Å²) < 4.78 is 5.68. The molecule has 4 heteroatoms. The minimum Gasteiger partial charge on any atom is -0.464 e. The van der Waals surface area contributed by atoms with Crippen LogP contribution in [0.25, 0.3) is 0 Å². The van der Waals surface area contributed by atoms with Crippen molar-refractivity contribution in [3.8, 4) is 0 Å². The van der Waals surface area contributed by atoms with E-state index in [0.717, 1.165) is 30.4 Å². The minimum absolute atomic E-state index is 0.476. The van der Waals surface area contributed by atoms with E-state index in [1.54, 1.807) is 11.8 Å². The Morgan fingerprint density at radius 2 is 2.06 bits per heavy atom. The van der Waals surface area contributed by atoms with Gasteiger partial charge in [-0.3, -0.25) is 0 Å². The number of hydrogen-bond acceptors (Lipinski definition) is 4. The SMILES string of the molecule is CSCc1ccc(CNC(C)CN(C)C)o1. The van der Waals surface area contributed by atoms with Crippen LogP contribution >= 0.6 is 11.8 Å². The highest BCUT2D eigenvalue weighted by atomic mass is 32.2. The van der Waals surface area contributed by atoms with Crippen LogP contribution in [0, 0.1) is 0 Å². The average Bonchev–Trinajstić information content (AvgIpc) is 2.62. The average molecular weight is 242 g/mol. The van der Waals surface area contributed by atoms with Crippen LogP contribution in [-0.2, 0) is 12.3 Å². The topological polar surface area (TPSA) is 28.4 Å². The van der Waals surface area contributed by atoms with Crippen molar-refractivity contribution in [1.29, 1.82) is 0 Å². The van der Waals surface area contributed by atoms with E-state index in [2.05, 4.69) is 49.6 Å². The Hall–Kier alpha value is -0.450. The molecule has 0 aliphatic rings. The molecular formula is C12H22N2OS. The second-order valence-electron chi connectivity index (χ2n) is 4.35. The van der Waals surface area contributed by atoms with Gasteiger partial charge in [0.2, 0.25) is 0 Å². The fourth-order valence-corrected chi connectivity index (χ4v) is 2.06. The number of thioether (sulfide) groups is 1. The lowest BCUT2D eigenvalue weighted by atomic mass is 10.3. The number of nitrogens with one attached hydrogen (secondary N) is 1. The van der Waals surface area contributed by atoms with Gasteiger partial charge in [-0.15, -0.1) is 0 Å². The maximum absolute atomic E-state index is 5.68. The molecule has 0 spiro atoms. The summed E-state index contributed by atoms with van der Waals surface area (Å²) >= 11 is 1.78. The zero-order chi connectivity index (χ0) is 12.0. The molecule has 0 saturated carbocycles. The molecule has 1 rings (SSSR count). The highest BCUT2D eigenvalue weighted by Crippen LogP contribution is 2.13. The third-order valence-corrected chi connectivity index (χ3v) is 2.84. The third kappa shape index (κ3) is 5.05. The van der Waals surface area contributed by atoms with Gasteiger partial charge >= 0.3 is 0 Å². The Labute approximate surface area is 103 Å². The molecule has 0 amide bonds. The molecule has 0 fully saturated rings. The van der Waals surface area contributed by atoms with Crippen LogP contribution < -0.4 is 5.32 Å². The van der Waals surface area contributed by atoms with Crippen molar-refractivity contribution in [1.82, 2.24) is 10.2 Å². The fraction of sp³-hybridized carbons (Fsp3) is 0.667. The van der Waals surface area contributed by atoms with E-state index in [4.69, 9.17) is 4.42 Å². The molecule has 1 heterocycles. The van der Waals surface area contributed by atoms with Crippen molar-refractivity contribution in [3.05, 3.63) is 23.7 Å². The number of nitrogens with zero attached hydrogens (tertiary/aromatic N) is 1. The fourth-order valence-electron chi connectivity index (χ4n) is 1.62. The first-order valence-corrected chi connectivity index (χ1v) is 6.96. The summed E-state index contributed by atoms with van der Waals surface area (Å²) in [5.41, 5.74) is 0. The van der Waals surface area contributed by atoms with E-state index in [9.17, 15) is 0 Å². The van der Waals surface area contributed by atoms with Crippen molar-refractivity contribution in [2.45, 2.75) is 25.3 Å². The molecule has 16 heavy (non-hydrogen) atoms. The second kappa shape index (κ2) is 6.99. The lowest BCUT2D eigenvalue weighted by Gasteiger charge is -2.17. The molecular weight excluding hydrogens is 220 g/mol. The standard InChI is InChI=1S/C12H22N2OS/c1-10(8-14(2)3)13-7-11-5-6-12(15-11)9-16-4/h5-6,10,13H,7-9H2,1-4H3. The molecule has 3 nitrogen and oxygen atoms in total. The van der Waals surface area contributed by atoms with E-state index in [1.807, 2.05) is 0 Å². The van der Waals surface area contributed by atoms with E-state index in [-0.39, 0.29) is 0 Å². The Morgan fingerprint density at radius 1 is 1.38 bits per heavy atom. The van der Waals surface area contributed by atoms with Gasteiger partial charge in [-0.25, -0.2) is 0 Å². The van der Waals surface area contributed by atoms with Crippen LogP contribution in [0.1, 0.15) is 18.4 Å².